The quantitative estimate of drug-likeness (QED) is 0.314. The summed E-state index contributed by atoms with van der Waals surface area (Å²) in [5.41, 5.74) is 0. The van der Waals surface area contributed by atoms with E-state index in [0.29, 0.717) is 0 Å². The summed E-state index contributed by atoms with van der Waals surface area (Å²) in [5.74, 6) is -51.7. The van der Waals surface area contributed by atoms with Crippen LogP contribution < -0.4 is 5.32 Å². The molecule has 204 valence electrons. The standard InChI is InChI=1S/C12H8F17NO3S/c13-5(14,7(17,18)9(21,22)11(25,26)27)6(15,16)8(19,20)10(23,24)12(28,29)34(31,32)33-4-2-1-3-30-4/h4,30H,1-3H2. The van der Waals surface area contributed by atoms with Crippen molar-refractivity contribution in [2.75, 3.05) is 6.54 Å². The zero-order valence-corrected chi connectivity index (χ0v) is 16.1. The third-order valence-electron chi connectivity index (χ3n) is 4.27. The van der Waals surface area contributed by atoms with Gasteiger partial charge in [-0.2, -0.15) is 83.1 Å². The van der Waals surface area contributed by atoms with Crippen LogP contribution in [0.3, 0.4) is 0 Å². The monoisotopic (exact) mass is 569 g/mol. The van der Waals surface area contributed by atoms with Crippen LogP contribution in [0.25, 0.3) is 0 Å². The molecule has 0 radical (unpaired) electrons. The highest BCUT2D eigenvalue weighted by Gasteiger charge is 2.96. The number of nitrogens with one attached hydrogen (secondary N) is 1. The molecule has 0 aliphatic carbocycles. The van der Waals surface area contributed by atoms with Gasteiger partial charge in [-0.25, -0.2) is 4.18 Å². The van der Waals surface area contributed by atoms with Crippen molar-refractivity contribution >= 4 is 10.1 Å². The van der Waals surface area contributed by atoms with Crippen LogP contribution in [0.4, 0.5) is 74.6 Å². The van der Waals surface area contributed by atoms with Crippen LogP contribution in [-0.2, 0) is 14.3 Å². The number of halogens is 17. The lowest BCUT2D eigenvalue weighted by Crippen LogP contribution is -2.75. The van der Waals surface area contributed by atoms with Gasteiger partial charge >= 0.3 is 57.1 Å². The highest BCUT2D eigenvalue weighted by molar-refractivity contribution is 7.87. The van der Waals surface area contributed by atoms with Crippen molar-refractivity contribution in [1.82, 2.24) is 5.32 Å². The van der Waals surface area contributed by atoms with Gasteiger partial charge in [-0.05, 0) is 19.4 Å². The second-order valence-electron chi connectivity index (χ2n) is 6.60. The van der Waals surface area contributed by atoms with Gasteiger partial charge in [-0.15, -0.1) is 0 Å². The minimum Gasteiger partial charge on any atom is -0.291 e. The van der Waals surface area contributed by atoms with Crippen molar-refractivity contribution < 1.29 is 87.2 Å². The molecule has 1 aliphatic heterocycles. The molecule has 0 aromatic heterocycles. The predicted molar refractivity (Wildman–Crippen MR) is 71.7 cm³/mol. The minimum absolute atomic E-state index is 0.106. The highest BCUT2D eigenvalue weighted by atomic mass is 32.2. The van der Waals surface area contributed by atoms with Crippen molar-refractivity contribution in [3.63, 3.8) is 0 Å². The molecule has 22 heteroatoms. The Bertz CT molecular complexity index is 859. The summed E-state index contributed by atoms with van der Waals surface area (Å²) in [5, 5.41) is -5.79. The Hall–Kier alpha value is -1.32. The van der Waals surface area contributed by atoms with E-state index in [9.17, 15) is 83.1 Å². The lowest BCUT2D eigenvalue weighted by Gasteiger charge is -2.42. The summed E-state index contributed by atoms with van der Waals surface area (Å²) >= 11 is 0. The van der Waals surface area contributed by atoms with Gasteiger partial charge in [-0.3, -0.25) is 5.32 Å². The van der Waals surface area contributed by atoms with E-state index in [1.165, 1.54) is 0 Å². The van der Waals surface area contributed by atoms with E-state index in [1.807, 2.05) is 5.32 Å². The Balaban J connectivity index is 3.62. The molecule has 0 spiro atoms. The Morgan fingerprint density at radius 3 is 1.26 bits per heavy atom. The first kappa shape index (κ1) is 30.7. The zero-order valence-electron chi connectivity index (χ0n) is 15.3. The van der Waals surface area contributed by atoms with Gasteiger partial charge in [0.15, 0.2) is 0 Å². The maximum Gasteiger partial charge on any atom is 0.460 e. The second kappa shape index (κ2) is 8.10. The summed E-state index contributed by atoms with van der Waals surface area (Å²) in [4.78, 5) is 0. The zero-order chi connectivity index (χ0) is 27.6. The molecule has 1 heterocycles. The molecular formula is C12H8F17NO3S. The van der Waals surface area contributed by atoms with Crippen molar-refractivity contribution in [2.45, 2.75) is 66.0 Å². The smallest absolute Gasteiger partial charge is 0.291 e. The van der Waals surface area contributed by atoms with E-state index < -0.39 is 69.7 Å². The first-order valence-corrected chi connectivity index (χ1v) is 9.36. The first-order chi connectivity index (χ1) is 14.6. The summed E-state index contributed by atoms with van der Waals surface area (Å²) in [6.07, 6.45) is -10.7. The van der Waals surface area contributed by atoms with Gasteiger partial charge in [0.2, 0.25) is 0 Å². The van der Waals surface area contributed by atoms with Crippen molar-refractivity contribution in [3.8, 4) is 0 Å². The number of hydrogen-bond donors (Lipinski definition) is 1. The van der Waals surface area contributed by atoms with Gasteiger partial charge in [0.1, 0.15) is 6.23 Å². The Morgan fingerprint density at radius 2 is 0.941 bits per heavy atom. The maximum absolute atomic E-state index is 13.7. The van der Waals surface area contributed by atoms with Crippen molar-refractivity contribution in [3.05, 3.63) is 0 Å². The van der Waals surface area contributed by atoms with Gasteiger partial charge in [0.05, 0.1) is 0 Å². The molecule has 0 saturated carbocycles. The normalized spacial score (nSPS) is 20.7. The summed E-state index contributed by atoms with van der Waals surface area (Å²) < 4.78 is 249. The van der Waals surface area contributed by atoms with E-state index in [2.05, 4.69) is 4.18 Å². The van der Waals surface area contributed by atoms with E-state index in [-0.39, 0.29) is 13.0 Å². The molecule has 1 rings (SSSR count). The van der Waals surface area contributed by atoms with Gasteiger partial charge in [-0.1, -0.05) is 0 Å². The van der Waals surface area contributed by atoms with Gasteiger partial charge in [0, 0.05) is 0 Å². The van der Waals surface area contributed by atoms with Crippen LogP contribution in [0, 0.1) is 0 Å². The lowest BCUT2D eigenvalue weighted by atomic mass is 9.91. The van der Waals surface area contributed by atoms with Crippen LogP contribution in [0.5, 0.6) is 0 Å². The van der Waals surface area contributed by atoms with E-state index in [4.69, 9.17) is 0 Å². The van der Waals surface area contributed by atoms with Crippen molar-refractivity contribution in [2.24, 2.45) is 0 Å². The Morgan fingerprint density at radius 1 is 0.588 bits per heavy atom. The Labute approximate surface area is 176 Å². The molecule has 34 heavy (non-hydrogen) atoms. The third kappa shape index (κ3) is 3.95. The number of alkyl halides is 17. The second-order valence-corrected chi connectivity index (χ2v) is 8.21. The fourth-order valence-corrected chi connectivity index (χ4v) is 3.29. The van der Waals surface area contributed by atoms with E-state index in [1.54, 1.807) is 0 Å². The molecule has 1 aliphatic rings. The largest absolute Gasteiger partial charge is 0.460 e. The molecule has 0 aromatic carbocycles. The number of rotatable bonds is 9. The fourth-order valence-electron chi connectivity index (χ4n) is 2.25. The van der Waals surface area contributed by atoms with Crippen LogP contribution >= 0.6 is 0 Å². The highest BCUT2D eigenvalue weighted by Crippen LogP contribution is 2.64. The fraction of sp³-hybridized carbons (Fsp3) is 1.00. The third-order valence-corrected chi connectivity index (χ3v) is 5.64. The van der Waals surface area contributed by atoms with Crippen LogP contribution in [0.2, 0.25) is 0 Å². The average molecular weight is 569 g/mol. The van der Waals surface area contributed by atoms with Crippen molar-refractivity contribution in [1.29, 1.82) is 0 Å². The molecule has 0 amide bonds. The molecule has 4 nitrogen and oxygen atoms in total. The first-order valence-electron chi connectivity index (χ1n) is 7.95. The molecule has 1 unspecified atom stereocenters. The maximum atomic E-state index is 13.7. The topological polar surface area (TPSA) is 55.4 Å². The summed E-state index contributed by atoms with van der Waals surface area (Å²) in [6.45, 7) is -0.245. The van der Waals surface area contributed by atoms with Crippen LogP contribution in [0.15, 0.2) is 0 Å². The van der Waals surface area contributed by atoms with Gasteiger partial charge < -0.3 is 0 Å². The predicted octanol–water partition coefficient (Wildman–Crippen LogP) is 5.01. The average Bonchev–Trinajstić information content (AvgIpc) is 3.11. The van der Waals surface area contributed by atoms with Gasteiger partial charge in [0.25, 0.3) is 0 Å². The molecule has 0 bridgehead atoms. The molecule has 1 atom stereocenters. The van der Waals surface area contributed by atoms with Crippen LogP contribution in [0.1, 0.15) is 12.8 Å². The molecule has 1 fully saturated rings. The SMILES string of the molecule is O=S(=O)(OC1CCCN1)C(F)(F)C(F)(F)C(F)(F)C(F)(F)C(F)(F)C(F)(F)C(F)(F)C(F)(F)F. The lowest BCUT2D eigenvalue weighted by molar-refractivity contribution is -0.458. The number of hydrogen-bond acceptors (Lipinski definition) is 4. The molecule has 1 saturated heterocycles. The van der Waals surface area contributed by atoms with E-state index in [0.717, 1.165) is 0 Å². The van der Waals surface area contributed by atoms with E-state index >= 15 is 0 Å². The summed E-state index contributed by atoms with van der Waals surface area (Å²) in [6, 6.07) is 0. The molecular weight excluding hydrogens is 561 g/mol. The summed E-state index contributed by atoms with van der Waals surface area (Å²) in [7, 11) is -7.50. The molecule has 0 aromatic rings. The molecule has 1 N–H and O–H groups in total. The minimum atomic E-state index is -8.85. The Kier molecular flexibility index (Phi) is 7.31. The van der Waals surface area contributed by atoms with Crippen LogP contribution in [-0.4, -0.2) is 68.2 Å².